The van der Waals surface area contributed by atoms with Crippen molar-refractivity contribution in [2.24, 2.45) is 0 Å². The van der Waals surface area contributed by atoms with Gasteiger partial charge in [-0.1, -0.05) is 35.9 Å². The van der Waals surface area contributed by atoms with Crippen molar-refractivity contribution in [3.05, 3.63) is 58.6 Å². The van der Waals surface area contributed by atoms with Crippen LogP contribution in [-0.2, 0) is 17.9 Å². The van der Waals surface area contributed by atoms with Crippen LogP contribution in [0, 0.1) is 0 Å². The molecular formula is C19H21ClN2O3. The third-order valence-electron chi connectivity index (χ3n) is 4.37. The van der Waals surface area contributed by atoms with Gasteiger partial charge in [0.1, 0.15) is 0 Å². The van der Waals surface area contributed by atoms with E-state index in [0.29, 0.717) is 36.8 Å². The number of carbonyl (C=O) groups is 1. The van der Waals surface area contributed by atoms with E-state index >= 15 is 0 Å². The van der Waals surface area contributed by atoms with Crippen LogP contribution < -0.4 is 10.1 Å². The molecule has 1 heterocycles. The van der Waals surface area contributed by atoms with Gasteiger partial charge in [-0.05, 0) is 29.3 Å². The van der Waals surface area contributed by atoms with Crippen molar-refractivity contribution in [3.63, 3.8) is 0 Å². The Morgan fingerprint density at radius 1 is 1.32 bits per heavy atom. The van der Waals surface area contributed by atoms with Crippen molar-refractivity contribution in [1.82, 2.24) is 10.2 Å². The molecule has 0 saturated carbocycles. The van der Waals surface area contributed by atoms with Crippen LogP contribution in [0.3, 0.4) is 0 Å². The summed E-state index contributed by atoms with van der Waals surface area (Å²) in [5.41, 5.74) is 1.90. The first-order chi connectivity index (χ1) is 12.1. The number of benzene rings is 2. The van der Waals surface area contributed by atoms with Gasteiger partial charge in [-0.2, -0.15) is 0 Å². The number of phenolic OH excluding ortho intramolecular Hbond substituents is 1. The van der Waals surface area contributed by atoms with Crippen molar-refractivity contribution in [2.75, 3.05) is 13.7 Å². The van der Waals surface area contributed by atoms with E-state index in [-0.39, 0.29) is 17.7 Å². The van der Waals surface area contributed by atoms with Gasteiger partial charge in [0.2, 0.25) is 5.91 Å². The third kappa shape index (κ3) is 4.24. The molecule has 5 nitrogen and oxygen atoms in total. The van der Waals surface area contributed by atoms with Gasteiger partial charge in [0.05, 0.1) is 7.11 Å². The van der Waals surface area contributed by atoms with E-state index in [2.05, 4.69) is 5.32 Å². The van der Waals surface area contributed by atoms with Crippen molar-refractivity contribution >= 4 is 17.5 Å². The van der Waals surface area contributed by atoms with Crippen molar-refractivity contribution in [2.45, 2.75) is 25.6 Å². The summed E-state index contributed by atoms with van der Waals surface area (Å²) < 4.78 is 5.04. The Labute approximate surface area is 152 Å². The molecule has 1 unspecified atom stereocenters. The Balaban J connectivity index is 1.56. The Morgan fingerprint density at radius 2 is 2.12 bits per heavy atom. The highest BCUT2D eigenvalue weighted by Gasteiger charge is 2.29. The summed E-state index contributed by atoms with van der Waals surface area (Å²) in [6.45, 7) is 1.75. The van der Waals surface area contributed by atoms with E-state index in [1.807, 2.05) is 35.2 Å². The predicted molar refractivity (Wildman–Crippen MR) is 96.8 cm³/mol. The molecule has 0 aromatic heterocycles. The van der Waals surface area contributed by atoms with Gasteiger partial charge >= 0.3 is 0 Å². The fourth-order valence-electron chi connectivity index (χ4n) is 3.00. The number of methoxy groups -OCH3 is 1. The summed E-state index contributed by atoms with van der Waals surface area (Å²) in [5.74, 6) is 0.686. The number of hydrogen-bond donors (Lipinski definition) is 2. The van der Waals surface area contributed by atoms with Gasteiger partial charge in [-0.3, -0.25) is 4.79 Å². The van der Waals surface area contributed by atoms with Crippen LogP contribution in [0.4, 0.5) is 0 Å². The van der Waals surface area contributed by atoms with Gasteiger partial charge in [0, 0.05) is 37.1 Å². The molecule has 1 amide bonds. The lowest BCUT2D eigenvalue weighted by Gasteiger charge is -2.18. The number of nitrogens with zero attached hydrogens (tertiary/aromatic N) is 1. The molecule has 25 heavy (non-hydrogen) atoms. The zero-order valence-corrected chi connectivity index (χ0v) is 14.8. The minimum atomic E-state index is 0.0826. The highest BCUT2D eigenvalue weighted by molar-refractivity contribution is 6.31. The number of halogens is 1. The molecule has 1 aliphatic heterocycles. The molecule has 2 aromatic rings. The molecule has 0 spiro atoms. The highest BCUT2D eigenvalue weighted by atomic mass is 35.5. The quantitative estimate of drug-likeness (QED) is 0.831. The summed E-state index contributed by atoms with van der Waals surface area (Å²) in [4.78, 5) is 14.1. The zero-order valence-electron chi connectivity index (χ0n) is 14.0. The average Bonchev–Trinajstić information content (AvgIpc) is 2.95. The van der Waals surface area contributed by atoms with Crippen LogP contribution in [0.15, 0.2) is 42.5 Å². The maximum Gasteiger partial charge on any atom is 0.224 e. The number of rotatable bonds is 6. The number of ether oxygens (including phenoxy) is 1. The van der Waals surface area contributed by atoms with Crippen molar-refractivity contribution in [3.8, 4) is 11.5 Å². The zero-order chi connectivity index (χ0) is 17.8. The highest BCUT2D eigenvalue weighted by Crippen LogP contribution is 2.26. The van der Waals surface area contributed by atoms with Crippen LogP contribution >= 0.6 is 11.6 Å². The summed E-state index contributed by atoms with van der Waals surface area (Å²) in [6, 6.07) is 13.0. The van der Waals surface area contributed by atoms with Crippen LogP contribution in [0.1, 0.15) is 17.5 Å². The van der Waals surface area contributed by atoms with Gasteiger partial charge in [0.15, 0.2) is 11.5 Å². The number of amides is 1. The fraction of sp³-hybridized carbons (Fsp3) is 0.316. The smallest absolute Gasteiger partial charge is 0.224 e. The Kier molecular flexibility index (Phi) is 5.46. The molecule has 1 aliphatic rings. The van der Waals surface area contributed by atoms with Gasteiger partial charge < -0.3 is 20.1 Å². The third-order valence-corrected chi connectivity index (χ3v) is 4.74. The Hall–Kier alpha value is -2.24. The number of likely N-dealkylation sites (tertiary alicyclic amines) is 1. The summed E-state index contributed by atoms with van der Waals surface area (Å²) in [7, 11) is 1.52. The van der Waals surface area contributed by atoms with Crippen molar-refractivity contribution in [1.29, 1.82) is 0 Å². The molecule has 0 aliphatic carbocycles. The van der Waals surface area contributed by atoms with E-state index in [4.69, 9.17) is 16.3 Å². The minimum absolute atomic E-state index is 0.0826. The Bertz CT molecular complexity index is 766. The van der Waals surface area contributed by atoms with Crippen LogP contribution in [0.25, 0.3) is 0 Å². The Morgan fingerprint density at radius 3 is 2.84 bits per heavy atom. The predicted octanol–water partition coefficient (Wildman–Crippen LogP) is 2.94. The maximum atomic E-state index is 12.2. The summed E-state index contributed by atoms with van der Waals surface area (Å²) in [5, 5.41) is 13.9. The molecule has 2 aromatic carbocycles. The maximum absolute atomic E-state index is 12.2. The van der Waals surface area contributed by atoms with E-state index in [1.54, 1.807) is 12.1 Å². The van der Waals surface area contributed by atoms with Crippen LogP contribution in [-0.4, -0.2) is 35.6 Å². The lowest BCUT2D eigenvalue weighted by molar-refractivity contribution is -0.128. The first kappa shape index (κ1) is 17.6. The first-order valence-electron chi connectivity index (χ1n) is 8.17. The number of phenols is 1. The largest absolute Gasteiger partial charge is 0.504 e. The first-order valence-corrected chi connectivity index (χ1v) is 8.55. The SMILES string of the molecule is COc1ccc(CNC2CC(=O)N(Cc3ccccc3Cl)C2)cc1O. The topological polar surface area (TPSA) is 61.8 Å². The molecule has 6 heteroatoms. The fourth-order valence-corrected chi connectivity index (χ4v) is 3.20. The van der Waals surface area contributed by atoms with E-state index < -0.39 is 0 Å². The monoisotopic (exact) mass is 360 g/mol. The van der Waals surface area contributed by atoms with Gasteiger partial charge in [-0.25, -0.2) is 0 Å². The molecule has 2 N–H and O–H groups in total. The second-order valence-corrected chi connectivity index (χ2v) is 6.56. The standard InChI is InChI=1S/C19H21ClN2O3/c1-25-18-7-6-13(8-17(18)23)10-21-15-9-19(24)22(12-15)11-14-4-2-3-5-16(14)20/h2-8,15,21,23H,9-12H2,1H3. The molecular weight excluding hydrogens is 340 g/mol. The molecule has 132 valence electrons. The normalized spacial score (nSPS) is 17.1. The number of aromatic hydroxyl groups is 1. The number of hydrogen-bond acceptors (Lipinski definition) is 4. The lowest BCUT2D eigenvalue weighted by Crippen LogP contribution is -2.32. The molecule has 1 saturated heterocycles. The van der Waals surface area contributed by atoms with E-state index in [9.17, 15) is 9.90 Å². The molecule has 0 radical (unpaired) electrons. The lowest BCUT2D eigenvalue weighted by atomic mass is 10.1. The minimum Gasteiger partial charge on any atom is -0.504 e. The van der Waals surface area contributed by atoms with Crippen LogP contribution in [0.5, 0.6) is 11.5 Å². The summed E-state index contributed by atoms with van der Waals surface area (Å²) in [6.07, 6.45) is 0.465. The molecule has 3 rings (SSSR count). The molecule has 1 atom stereocenters. The molecule has 0 bridgehead atoms. The van der Waals surface area contributed by atoms with Gasteiger partial charge in [0.25, 0.3) is 0 Å². The van der Waals surface area contributed by atoms with Gasteiger partial charge in [-0.15, -0.1) is 0 Å². The number of nitrogens with one attached hydrogen (secondary N) is 1. The number of carbonyl (C=O) groups excluding carboxylic acids is 1. The van der Waals surface area contributed by atoms with E-state index in [0.717, 1.165) is 11.1 Å². The summed E-state index contributed by atoms with van der Waals surface area (Å²) >= 11 is 6.18. The van der Waals surface area contributed by atoms with Crippen molar-refractivity contribution < 1.29 is 14.6 Å². The average molecular weight is 361 g/mol. The van der Waals surface area contributed by atoms with E-state index in [1.165, 1.54) is 7.11 Å². The molecule has 1 fully saturated rings. The second-order valence-electron chi connectivity index (χ2n) is 6.15. The second kappa shape index (κ2) is 7.76. The van der Waals surface area contributed by atoms with Crippen LogP contribution in [0.2, 0.25) is 5.02 Å².